The lowest BCUT2D eigenvalue weighted by atomic mass is 10.0. The van der Waals surface area contributed by atoms with Crippen LogP contribution in [0.5, 0.6) is 5.75 Å². The monoisotopic (exact) mass is 575 g/mol. The van der Waals surface area contributed by atoms with Crippen LogP contribution in [0.1, 0.15) is 25.3 Å². The number of anilines is 1. The Balaban J connectivity index is 1.66. The van der Waals surface area contributed by atoms with Crippen LogP contribution in [0.15, 0.2) is 36.4 Å². The highest BCUT2D eigenvalue weighted by atomic mass is 16.7. The number of aliphatic hydroxyl groups is 2. The van der Waals surface area contributed by atoms with Gasteiger partial charge in [0, 0.05) is 38.5 Å². The van der Waals surface area contributed by atoms with Gasteiger partial charge in [0.15, 0.2) is 6.10 Å². The van der Waals surface area contributed by atoms with E-state index < -0.39 is 66.7 Å². The van der Waals surface area contributed by atoms with Crippen molar-refractivity contribution in [2.24, 2.45) is 0 Å². The molecule has 0 radical (unpaired) electrons. The molecule has 3 unspecified atom stereocenters. The van der Waals surface area contributed by atoms with Gasteiger partial charge in [-0.3, -0.25) is 28.9 Å². The molecule has 0 aliphatic carbocycles. The van der Waals surface area contributed by atoms with Crippen molar-refractivity contribution in [3.63, 3.8) is 0 Å². The number of nitrogens with zero attached hydrogens (tertiary/aromatic N) is 1. The molecule has 4 amide bonds. The van der Waals surface area contributed by atoms with Crippen LogP contribution in [0.4, 0.5) is 5.69 Å². The Morgan fingerprint density at radius 1 is 1.12 bits per heavy atom. The summed E-state index contributed by atoms with van der Waals surface area (Å²) >= 11 is 0. The third-order valence-corrected chi connectivity index (χ3v) is 5.79. The fourth-order valence-electron chi connectivity index (χ4n) is 3.78. The molecule has 2 aliphatic rings. The third kappa shape index (κ3) is 8.96. The van der Waals surface area contributed by atoms with Crippen LogP contribution in [0.3, 0.4) is 0 Å². The topological polar surface area (TPSA) is 218 Å². The summed E-state index contributed by atoms with van der Waals surface area (Å²) in [6.45, 7) is 0.650. The first-order valence-electron chi connectivity index (χ1n) is 12.4. The zero-order valence-electron chi connectivity index (χ0n) is 21.8. The number of amides is 4. The summed E-state index contributed by atoms with van der Waals surface area (Å²) in [5.41, 5.74) is 0.691. The maximum absolute atomic E-state index is 12.7. The van der Waals surface area contributed by atoms with E-state index in [0.29, 0.717) is 5.56 Å². The van der Waals surface area contributed by atoms with Gasteiger partial charge in [0.1, 0.15) is 25.0 Å². The molecule has 15 heteroatoms. The predicted molar refractivity (Wildman–Crippen MR) is 138 cm³/mol. The number of ether oxygens (including phenoxy) is 3. The molecule has 5 N–H and O–H groups in total. The molecule has 0 aromatic heterocycles. The molecule has 1 saturated heterocycles. The SMILES string of the molecule is CC(=O)OC/C=C/c1ccc(OC2CC(O)[C@H](O)C(C(=O)O)O2)c(NC(=O)CCNC(=O)CN2C(=O)C=CC2=O)c1. The lowest BCUT2D eigenvalue weighted by Crippen LogP contribution is -2.53. The predicted octanol–water partition coefficient (Wildman–Crippen LogP) is -1.07. The molecule has 2 aliphatic heterocycles. The van der Waals surface area contributed by atoms with E-state index in [2.05, 4.69) is 10.6 Å². The average Bonchev–Trinajstić information content (AvgIpc) is 3.21. The van der Waals surface area contributed by atoms with E-state index in [9.17, 15) is 44.1 Å². The van der Waals surface area contributed by atoms with Crippen molar-refractivity contribution in [1.82, 2.24) is 10.2 Å². The Morgan fingerprint density at radius 2 is 1.83 bits per heavy atom. The molecule has 0 saturated carbocycles. The van der Waals surface area contributed by atoms with E-state index >= 15 is 0 Å². The molecule has 0 spiro atoms. The molecule has 220 valence electrons. The second-order valence-electron chi connectivity index (χ2n) is 8.94. The lowest BCUT2D eigenvalue weighted by molar-refractivity contribution is -0.228. The van der Waals surface area contributed by atoms with Crippen LogP contribution in [-0.4, -0.2) is 100 Å². The van der Waals surface area contributed by atoms with Gasteiger partial charge in [-0.25, -0.2) is 4.79 Å². The standard InChI is InChI=1S/C26H29N3O12/c1-14(30)39-10-2-3-15-4-5-18(40-23-12-17(31)24(36)25(41-23)26(37)38)16(11-15)28-19(32)8-9-27-20(33)13-29-21(34)6-7-22(29)35/h2-7,11,17,23-25,31,36H,8-10,12-13H2,1H3,(H,27,33)(H,28,32)(H,37,38)/b3-2+/t17?,23?,24-,25?/m0/s1. The summed E-state index contributed by atoms with van der Waals surface area (Å²) in [5.74, 6) is -4.34. The highest BCUT2D eigenvalue weighted by molar-refractivity contribution is 6.14. The minimum atomic E-state index is -1.74. The Morgan fingerprint density at radius 3 is 2.49 bits per heavy atom. The fraction of sp³-hybridized carbons (Fsp3) is 0.385. The van der Waals surface area contributed by atoms with Crippen molar-refractivity contribution in [1.29, 1.82) is 0 Å². The number of esters is 1. The number of nitrogens with one attached hydrogen (secondary N) is 2. The molecule has 1 aromatic carbocycles. The van der Waals surface area contributed by atoms with Gasteiger partial charge in [-0.15, -0.1) is 0 Å². The number of rotatable bonds is 12. The normalized spacial score (nSPS) is 22.1. The number of aliphatic hydroxyl groups excluding tert-OH is 2. The van der Waals surface area contributed by atoms with E-state index in [0.717, 1.165) is 17.1 Å². The van der Waals surface area contributed by atoms with Gasteiger partial charge in [0.25, 0.3) is 11.8 Å². The van der Waals surface area contributed by atoms with E-state index in [-0.39, 0.29) is 37.4 Å². The molecule has 0 bridgehead atoms. The maximum atomic E-state index is 12.7. The summed E-state index contributed by atoms with van der Waals surface area (Å²) in [6, 6.07) is 4.56. The molecule has 41 heavy (non-hydrogen) atoms. The van der Waals surface area contributed by atoms with Gasteiger partial charge in [-0.2, -0.15) is 0 Å². The van der Waals surface area contributed by atoms with Crippen LogP contribution in [0.2, 0.25) is 0 Å². The first-order chi connectivity index (χ1) is 19.4. The number of benzene rings is 1. The van der Waals surface area contributed by atoms with Gasteiger partial charge in [-0.05, 0) is 23.8 Å². The largest absolute Gasteiger partial charge is 0.479 e. The number of carbonyl (C=O) groups excluding carboxylic acids is 5. The van der Waals surface area contributed by atoms with Crippen LogP contribution >= 0.6 is 0 Å². The van der Waals surface area contributed by atoms with E-state index in [1.165, 1.54) is 19.1 Å². The lowest BCUT2D eigenvalue weighted by Gasteiger charge is -2.35. The average molecular weight is 576 g/mol. The summed E-state index contributed by atoms with van der Waals surface area (Å²) in [4.78, 5) is 71.0. The van der Waals surface area contributed by atoms with Crippen molar-refractivity contribution in [3.8, 4) is 5.75 Å². The first-order valence-corrected chi connectivity index (χ1v) is 12.4. The van der Waals surface area contributed by atoms with Crippen molar-refractivity contribution >= 4 is 47.3 Å². The summed E-state index contributed by atoms with van der Waals surface area (Å²) in [7, 11) is 0. The Hall–Kier alpha value is -4.60. The number of hydrogen-bond acceptors (Lipinski definition) is 11. The van der Waals surface area contributed by atoms with Gasteiger partial charge in [0.2, 0.25) is 18.1 Å². The molecule has 1 fully saturated rings. The van der Waals surface area contributed by atoms with Gasteiger partial charge in [-0.1, -0.05) is 12.1 Å². The second kappa shape index (κ2) is 14.2. The molecular formula is C26H29N3O12. The zero-order chi connectivity index (χ0) is 30.1. The maximum Gasteiger partial charge on any atom is 0.335 e. The number of carboxylic acid groups (broad SMARTS) is 1. The Kier molecular flexibility index (Phi) is 10.7. The smallest absolute Gasteiger partial charge is 0.335 e. The van der Waals surface area contributed by atoms with Crippen molar-refractivity contribution < 1.29 is 58.3 Å². The van der Waals surface area contributed by atoms with Gasteiger partial charge >= 0.3 is 11.9 Å². The van der Waals surface area contributed by atoms with Crippen LogP contribution in [0.25, 0.3) is 6.08 Å². The molecule has 3 rings (SSSR count). The van der Waals surface area contributed by atoms with Crippen molar-refractivity contribution in [2.45, 2.75) is 44.4 Å². The minimum absolute atomic E-state index is 0.00632. The number of aliphatic carboxylic acids is 1. The quantitative estimate of drug-likeness (QED) is 0.149. The molecule has 2 heterocycles. The molecular weight excluding hydrogens is 546 g/mol. The number of carboxylic acids is 1. The third-order valence-electron chi connectivity index (χ3n) is 5.79. The first kappa shape index (κ1) is 30.9. The van der Waals surface area contributed by atoms with E-state index in [1.807, 2.05) is 0 Å². The molecule has 15 nitrogen and oxygen atoms in total. The number of hydrogen-bond donors (Lipinski definition) is 5. The van der Waals surface area contributed by atoms with E-state index in [4.69, 9.17) is 14.2 Å². The van der Waals surface area contributed by atoms with Gasteiger partial charge in [0.05, 0.1) is 11.8 Å². The Labute approximate surface area is 233 Å². The van der Waals surface area contributed by atoms with Crippen LogP contribution in [0, 0.1) is 0 Å². The zero-order valence-corrected chi connectivity index (χ0v) is 21.8. The highest BCUT2D eigenvalue weighted by Crippen LogP contribution is 2.31. The van der Waals surface area contributed by atoms with Crippen LogP contribution < -0.4 is 15.4 Å². The van der Waals surface area contributed by atoms with Crippen LogP contribution in [-0.2, 0) is 38.2 Å². The van der Waals surface area contributed by atoms with Crippen molar-refractivity contribution in [3.05, 3.63) is 42.0 Å². The van der Waals surface area contributed by atoms with Crippen molar-refractivity contribution in [2.75, 3.05) is 25.0 Å². The fourth-order valence-corrected chi connectivity index (χ4v) is 3.78. The number of imide groups is 1. The summed E-state index contributed by atoms with van der Waals surface area (Å²) in [5, 5.41) is 34.3. The second-order valence-corrected chi connectivity index (χ2v) is 8.94. The number of carbonyl (C=O) groups is 6. The minimum Gasteiger partial charge on any atom is -0.479 e. The summed E-state index contributed by atoms with van der Waals surface area (Å²) < 4.78 is 15.8. The Bertz CT molecular complexity index is 1240. The molecule has 1 aromatic rings. The summed E-state index contributed by atoms with van der Waals surface area (Å²) in [6.07, 6.45) is -1.33. The van der Waals surface area contributed by atoms with Gasteiger partial charge < -0.3 is 40.2 Å². The highest BCUT2D eigenvalue weighted by Gasteiger charge is 2.42. The van der Waals surface area contributed by atoms with E-state index in [1.54, 1.807) is 18.2 Å². The molecule has 4 atom stereocenters.